The van der Waals surface area contributed by atoms with Gasteiger partial charge in [-0.2, -0.15) is 8.78 Å². The molecule has 0 unspecified atom stereocenters. The number of halogens is 3. The standard InChI is InChI=1S/C18H14ClF2N5OS/c1-27-14-7-6-10(19)8-11(14)16-23-18(25-24-16)28-9-15-22-12-4-2-3-5-13(12)26(15)17(20)21/h2-8,17H,9H2,1H3,(H,23,24,25). The van der Waals surface area contributed by atoms with Crippen molar-refractivity contribution in [2.75, 3.05) is 7.11 Å². The van der Waals surface area contributed by atoms with Gasteiger partial charge in [0.1, 0.15) is 11.6 Å². The van der Waals surface area contributed by atoms with Crippen molar-refractivity contribution in [3.8, 4) is 17.1 Å². The van der Waals surface area contributed by atoms with Crippen molar-refractivity contribution in [1.82, 2.24) is 24.7 Å². The zero-order valence-electron chi connectivity index (χ0n) is 14.6. The summed E-state index contributed by atoms with van der Waals surface area (Å²) in [5.41, 5.74) is 1.58. The van der Waals surface area contributed by atoms with Gasteiger partial charge in [-0.05, 0) is 30.3 Å². The highest BCUT2D eigenvalue weighted by Crippen LogP contribution is 2.32. The number of methoxy groups -OCH3 is 1. The molecule has 1 N–H and O–H groups in total. The highest BCUT2D eigenvalue weighted by atomic mass is 35.5. The molecule has 0 amide bonds. The average Bonchev–Trinajstić information content (AvgIpc) is 3.30. The van der Waals surface area contributed by atoms with Crippen LogP contribution in [0.3, 0.4) is 0 Å². The number of nitrogens with zero attached hydrogens (tertiary/aromatic N) is 4. The van der Waals surface area contributed by atoms with Crippen molar-refractivity contribution >= 4 is 34.4 Å². The largest absolute Gasteiger partial charge is 0.496 e. The molecule has 6 nitrogen and oxygen atoms in total. The number of hydrogen-bond donors (Lipinski definition) is 1. The third-order valence-corrected chi connectivity index (χ3v) is 5.15. The van der Waals surface area contributed by atoms with Crippen molar-refractivity contribution in [2.45, 2.75) is 17.5 Å². The SMILES string of the molecule is COc1ccc(Cl)cc1-c1nc(SCc2nc3ccccc3n2C(F)F)n[nH]1. The van der Waals surface area contributed by atoms with Gasteiger partial charge in [0.2, 0.25) is 5.16 Å². The summed E-state index contributed by atoms with van der Waals surface area (Å²) in [5, 5.41) is 7.91. The third kappa shape index (κ3) is 3.55. The van der Waals surface area contributed by atoms with Crippen LogP contribution >= 0.6 is 23.4 Å². The molecule has 2 aromatic heterocycles. The van der Waals surface area contributed by atoms with Crippen LogP contribution in [0.4, 0.5) is 8.78 Å². The minimum absolute atomic E-state index is 0.197. The number of para-hydroxylation sites is 2. The van der Waals surface area contributed by atoms with E-state index in [1.165, 1.54) is 11.8 Å². The Bertz CT molecular complexity index is 1130. The highest BCUT2D eigenvalue weighted by molar-refractivity contribution is 7.98. The van der Waals surface area contributed by atoms with Crippen molar-refractivity contribution in [3.63, 3.8) is 0 Å². The Kier molecular flexibility index (Phi) is 5.19. The predicted molar refractivity (Wildman–Crippen MR) is 104 cm³/mol. The molecule has 2 aromatic carbocycles. The highest BCUT2D eigenvalue weighted by Gasteiger charge is 2.19. The van der Waals surface area contributed by atoms with Crippen molar-refractivity contribution < 1.29 is 13.5 Å². The molecule has 0 spiro atoms. The molecular weight excluding hydrogens is 408 g/mol. The lowest BCUT2D eigenvalue weighted by Crippen LogP contribution is -2.03. The number of hydrogen-bond acceptors (Lipinski definition) is 5. The summed E-state index contributed by atoms with van der Waals surface area (Å²) in [5.74, 6) is 1.52. The van der Waals surface area contributed by atoms with Crippen LogP contribution < -0.4 is 4.74 Å². The maximum Gasteiger partial charge on any atom is 0.320 e. The average molecular weight is 422 g/mol. The van der Waals surface area contributed by atoms with Gasteiger partial charge in [0.25, 0.3) is 0 Å². The van der Waals surface area contributed by atoms with E-state index in [0.29, 0.717) is 38.3 Å². The molecule has 4 rings (SSSR count). The van der Waals surface area contributed by atoms with Gasteiger partial charge in [-0.1, -0.05) is 35.5 Å². The summed E-state index contributed by atoms with van der Waals surface area (Å²) in [7, 11) is 1.55. The lowest BCUT2D eigenvalue weighted by molar-refractivity contribution is 0.0722. The molecular formula is C18H14ClF2N5OS. The first kappa shape index (κ1) is 18.7. The fourth-order valence-corrected chi connectivity index (χ4v) is 3.74. The zero-order chi connectivity index (χ0) is 19.7. The molecule has 0 atom stereocenters. The maximum atomic E-state index is 13.5. The second-order valence-electron chi connectivity index (χ2n) is 5.76. The lowest BCUT2D eigenvalue weighted by atomic mass is 10.2. The van der Waals surface area contributed by atoms with Gasteiger partial charge in [-0.25, -0.2) is 9.97 Å². The summed E-state index contributed by atoms with van der Waals surface area (Å²) >= 11 is 7.26. The molecule has 0 fully saturated rings. The van der Waals surface area contributed by atoms with E-state index in [1.54, 1.807) is 49.6 Å². The number of ether oxygens (including phenoxy) is 1. The molecule has 0 aliphatic carbocycles. The number of thioether (sulfide) groups is 1. The molecule has 2 heterocycles. The van der Waals surface area contributed by atoms with E-state index in [2.05, 4.69) is 20.2 Å². The number of nitrogens with one attached hydrogen (secondary N) is 1. The summed E-state index contributed by atoms with van der Waals surface area (Å²) in [4.78, 5) is 8.72. The van der Waals surface area contributed by atoms with E-state index in [9.17, 15) is 8.78 Å². The molecule has 28 heavy (non-hydrogen) atoms. The molecule has 0 saturated heterocycles. The van der Waals surface area contributed by atoms with E-state index in [4.69, 9.17) is 16.3 Å². The molecule has 10 heteroatoms. The van der Waals surface area contributed by atoms with Gasteiger partial charge in [-0.15, -0.1) is 5.10 Å². The minimum Gasteiger partial charge on any atom is -0.496 e. The second kappa shape index (κ2) is 7.76. The van der Waals surface area contributed by atoms with Crippen LogP contribution in [0, 0.1) is 0 Å². The summed E-state index contributed by atoms with van der Waals surface area (Å²) in [6, 6.07) is 12.0. The first-order valence-electron chi connectivity index (χ1n) is 8.20. The Morgan fingerprint density at radius 3 is 2.82 bits per heavy atom. The van der Waals surface area contributed by atoms with Gasteiger partial charge < -0.3 is 4.74 Å². The second-order valence-corrected chi connectivity index (χ2v) is 7.14. The molecule has 0 radical (unpaired) electrons. The van der Waals surface area contributed by atoms with Gasteiger partial charge >= 0.3 is 6.55 Å². The molecule has 0 aliphatic heterocycles. The van der Waals surface area contributed by atoms with E-state index in [1.807, 2.05) is 0 Å². The summed E-state index contributed by atoms with van der Waals surface area (Å²) in [6.07, 6.45) is 0. The smallest absolute Gasteiger partial charge is 0.320 e. The number of benzene rings is 2. The van der Waals surface area contributed by atoms with Gasteiger partial charge in [-0.3, -0.25) is 9.67 Å². The number of aromatic nitrogens is 5. The Morgan fingerprint density at radius 1 is 1.21 bits per heavy atom. The van der Waals surface area contributed by atoms with E-state index >= 15 is 0 Å². The molecule has 0 bridgehead atoms. The van der Waals surface area contributed by atoms with Crippen LogP contribution in [0.25, 0.3) is 22.4 Å². The quantitative estimate of drug-likeness (QED) is 0.435. The van der Waals surface area contributed by atoms with Gasteiger partial charge in [0.15, 0.2) is 5.82 Å². The molecule has 144 valence electrons. The number of aromatic amines is 1. The van der Waals surface area contributed by atoms with Crippen LogP contribution in [0.1, 0.15) is 12.4 Å². The van der Waals surface area contributed by atoms with Crippen molar-refractivity contribution in [2.24, 2.45) is 0 Å². The van der Waals surface area contributed by atoms with Crippen LogP contribution in [0.5, 0.6) is 5.75 Å². The maximum absolute atomic E-state index is 13.5. The summed E-state index contributed by atoms with van der Waals surface area (Å²) < 4.78 is 33.3. The fourth-order valence-electron chi connectivity index (χ4n) is 2.84. The number of alkyl halides is 2. The minimum atomic E-state index is -2.68. The summed E-state index contributed by atoms with van der Waals surface area (Å²) in [6.45, 7) is -2.68. The Labute approximate surface area is 167 Å². The molecule has 0 aliphatic rings. The van der Waals surface area contributed by atoms with Crippen LogP contribution in [-0.4, -0.2) is 31.8 Å². The normalized spacial score (nSPS) is 11.5. The monoisotopic (exact) mass is 421 g/mol. The number of imidazole rings is 1. The first-order chi connectivity index (χ1) is 13.6. The van der Waals surface area contributed by atoms with Crippen LogP contribution in [0.2, 0.25) is 5.02 Å². The lowest BCUT2D eigenvalue weighted by Gasteiger charge is -2.06. The van der Waals surface area contributed by atoms with Crippen molar-refractivity contribution in [3.05, 3.63) is 53.3 Å². The molecule has 4 aromatic rings. The van der Waals surface area contributed by atoms with Gasteiger partial charge in [0, 0.05) is 5.02 Å². The Morgan fingerprint density at radius 2 is 2.04 bits per heavy atom. The number of H-pyrrole nitrogens is 1. The predicted octanol–water partition coefficient (Wildman–Crippen LogP) is 5.17. The topological polar surface area (TPSA) is 68.6 Å². The fraction of sp³-hybridized carbons (Fsp3) is 0.167. The Hall–Kier alpha value is -2.65. The number of fused-ring (bicyclic) bond motifs is 1. The van der Waals surface area contributed by atoms with Crippen LogP contribution in [0.15, 0.2) is 47.6 Å². The Balaban J connectivity index is 1.59. The number of rotatable bonds is 6. The zero-order valence-corrected chi connectivity index (χ0v) is 16.1. The first-order valence-corrected chi connectivity index (χ1v) is 9.56. The van der Waals surface area contributed by atoms with Crippen molar-refractivity contribution in [1.29, 1.82) is 0 Å². The van der Waals surface area contributed by atoms with Gasteiger partial charge in [0.05, 0.1) is 29.5 Å². The van der Waals surface area contributed by atoms with E-state index in [0.717, 1.165) is 4.57 Å². The molecule has 0 saturated carbocycles. The van der Waals surface area contributed by atoms with E-state index in [-0.39, 0.29) is 11.6 Å². The van der Waals surface area contributed by atoms with Crippen LogP contribution in [-0.2, 0) is 5.75 Å². The third-order valence-electron chi connectivity index (χ3n) is 4.08. The van der Waals surface area contributed by atoms with E-state index < -0.39 is 6.55 Å².